The van der Waals surface area contributed by atoms with Crippen molar-refractivity contribution in [2.24, 2.45) is 0 Å². The number of sulfonamides is 1. The van der Waals surface area contributed by atoms with E-state index in [-0.39, 0.29) is 37.4 Å². The molecular weight excluding hydrogens is 323 g/mol. The number of halogens is 1. The van der Waals surface area contributed by atoms with Gasteiger partial charge in [-0.3, -0.25) is 4.68 Å². The molecule has 0 saturated heterocycles. The largest absolute Gasteiger partial charge is 0.473 e. The number of nitrogens with zero attached hydrogens (tertiary/aromatic N) is 4. The quantitative estimate of drug-likeness (QED) is 0.817. The molecule has 2 aromatic heterocycles. The molecule has 0 saturated carbocycles. The summed E-state index contributed by atoms with van der Waals surface area (Å²) in [5, 5.41) is 4.22. The number of pyridine rings is 1. The summed E-state index contributed by atoms with van der Waals surface area (Å²) in [6.45, 7) is 2.21. The van der Waals surface area contributed by atoms with Gasteiger partial charge in [-0.15, -0.1) is 0 Å². The summed E-state index contributed by atoms with van der Waals surface area (Å²) in [6, 6.07) is 4.17. The highest BCUT2D eigenvalue weighted by Crippen LogP contribution is 2.24. The highest BCUT2D eigenvalue weighted by molar-refractivity contribution is 7.89. The van der Waals surface area contributed by atoms with Crippen LogP contribution in [-0.2, 0) is 16.6 Å². The Hall–Kier alpha value is -2.00. The maximum absolute atomic E-state index is 13.6. The fourth-order valence-electron chi connectivity index (χ4n) is 2.52. The van der Waals surface area contributed by atoms with Crippen molar-refractivity contribution >= 4 is 10.0 Å². The van der Waals surface area contributed by atoms with Gasteiger partial charge in [-0.25, -0.2) is 17.8 Å². The third-order valence-corrected chi connectivity index (χ3v) is 5.54. The van der Waals surface area contributed by atoms with E-state index in [1.165, 1.54) is 22.6 Å². The highest BCUT2D eigenvalue weighted by Gasteiger charge is 2.32. The van der Waals surface area contributed by atoms with E-state index in [2.05, 4.69) is 10.1 Å². The number of hydrogen-bond donors (Lipinski definition) is 0. The molecule has 23 heavy (non-hydrogen) atoms. The van der Waals surface area contributed by atoms with Gasteiger partial charge < -0.3 is 4.74 Å². The molecule has 0 spiro atoms. The van der Waals surface area contributed by atoms with Crippen LogP contribution in [0.5, 0.6) is 5.88 Å². The summed E-state index contributed by atoms with van der Waals surface area (Å²) >= 11 is 0. The number of aromatic nitrogens is 3. The lowest BCUT2D eigenvalue weighted by molar-refractivity contribution is 0.174. The molecule has 7 nitrogen and oxygen atoms in total. The average molecular weight is 340 g/mol. The molecule has 9 heteroatoms. The molecule has 0 bridgehead atoms. The third kappa shape index (κ3) is 3.20. The Morgan fingerprint density at radius 1 is 1.39 bits per heavy atom. The van der Waals surface area contributed by atoms with Crippen molar-refractivity contribution in [1.82, 2.24) is 19.1 Å². The van der Waals surface area contributed by atoms with Gasteiger partial charge >= 0.3 is 0 Å². The van der Waals surface area contributed by atoms with Crippen LogP contribution in [0.4, 0.5) is 4.39 Å². The lowest BCUT2D eigenvalue weighted by atomic mass is 10.2. The highest BCUT2D eigenvalue weighted by atomic mass is 32.2. The molecule has 0 aliphatic carbocycles. The molecular formula is C14H17FN4O3S. The molecule has 1 atom stereocenters. The Kier molecular flexibility index (Phi) is 4.31. The minimum atomic E-state index is -3.32. The van der Waals surface area contributed by atoms with Gasteiger partial charge in [0.25, 0.3) is 0 Å². The van der Waals surface area contributed by atoms with Gasteiger partial charge in [-0.2, -0.15) is 9.40 Å². The van der Waals surface area contributed by atoms with Crippen molar-refractivity contribution in [3.05, 3.63) is 42.1 Å². The van der Waals surface area contributed by atoms with E-state index >= 15 is 0 Å². The van der Waals surface area contributed by atoms with Crippen LogP contribution in [0.15, 0.2) is 30.6 Å². The lowest BCUT2D eigenvalue weighted by Gasteiger charge is -2.32. The molecule has 0 aromatic carbocycles. The van der Waals surface area contributed by atoms with Crippen molar-refractivity contribution in [3.63, 3.8) is 0 Å². The fraction of sp³-hybridized carbons (Fsp3) is 0.429. The molecule has 124 valence electrons. The predicted molar refractivity (Wildman–Crippen MR) is 80.8 cm³/mol. The summed E-state index contributed by atoms with van der Waals surface area (Å²) in [6.07, 6.45) is 3.05. The van der Waals surface area contributed by atoms with Crippen LogP contribution >= 0.6 is 0 Å². The maximum atomic E-state index is 13.6. The van der Waals surface area contributed by atoms with E-state index in [1.54, 1.807) is 23.9 Å². The van der Waals surface area contributed by atoms with Crippen LogP contribution in [0, 0.1) is 5.82 Å². The Labute approximate surface area is 133 Å². The molecule has 0 N–H and O–H groups in total. The minimum Gasteiger partial charge on any atom is -0.473 e. The van der Waals surface area contributed by atoms with Crippen LogP contribution in [-0.4, -0.2) is 46.4 Å². The second kappa shape index (κ2) is 6.25. The van der Waals surface area contributed by atoms with Crippen LogP contribution in [0.3, 0.4) is 0 Å². The monoisotopic (exact) mass is 340 g/mol. The Morgan fingerprint density at radius 2 is 2.22 bits per heavy atom. The summed E-state index contributed by atoms with van der Waals surface area (Å²) in [7, 11) is -3.32. The summed E-state index contributed by atoms with van der Waals surface area (Å²) < 4.78 is 46.4. The number of ether oxygens (including phenoxy) is 1. The molecule has 1 unspecified atom stereocenters. The van der Waals surface area contributed by atoms with Gasteiger partial charge in [-0.1, -0.05) is 0 Å². The van der Waals surface area contributed by atoms with E-state index in [0.29, 0.717) is 0 Å². The number of fused-ring (bicyclic) bond motifs is 1. The van der Waals surface area contributed by atoms with Gasteiger partial charge in [0.1, 0.15) is 12.6 Å². The summed E-state index contributed by atoms with van der Waals surface area (Å²) in [5.41, 5.74) is 0.781. The topological polar surface area (TPSA) is 77.3 Å². The fourth-order valence-corrected chi connectivity index (χ4v) is 3.62. The zero-order valence-corrected chi connectivity index (χ0v) is 13.4. The second-order valence-electron chi connectivity index (χ2n) is 5.22. The van der Waals surface area contributed by atoms with E-state index in [9.17, 15) is 12.8 Å². The summed E-state index contributed by atoms with van der Waals surface area (Å²) in [4.78, 5) is 3.83. The smallest absolute Gasteiger partial charge is 0.250 e. The molecule has 1 aliphatic rings. The molecule has 0 radical (unpaired) electrons. The molecule has 3 rings (SSSR count). The Bertz CT molecular complexity index is 793. The van der Waals surface area contributed by atoms with Gasteiger partial charge in [0.05, 0.1) is 18.0 Å². The van der Waals surface area contributed by atoms with Crippen molar-refractivity contribution < 1.29 is 17.5 Å². The average Bonchev–Trinajstić information content (AvgIpc) is 3.02. The van der Waals surface area contributed by atoms with Crippen molar-refractivity contribution in [2.75, 3.05) is 18.9 Å². The van der Waals surface area contributed by atoms with Crippen molar-refractivity contribution in [3.8, 4) is 5.88 Å². The first-order chi connectivity index (χ1) is 11.0. The summed E-state index contributed by atoms with van der Waals surface area (Å²) in [5.74, 6) is -0.623. The van der Waals surface area contributed by atoms with Crippen molar-refractivity contribution in [1.29, 1.82) is 0 Å². The van der Waals surface area contributed by atoms with Crippen molar-refractivity contribution in [2.45, 2.75) is 19.5 Å². The Balaban J connectivity index is 1.80. The van der Waals surface area contributed by atoms with Crippen LogP contribution in [0.1, 0.15) is 18.7 Å². The second-order valence-corrected chi connectivity index (χ2v) is 7.47. The first kappa shape index (κ1) is 15.9. The zero-order valence-electron chi connectivity index (χ0n) is 12.6. The normalized spacial score (nSPS) is 18.6. The minimum absolute atomic E-state index is 0.0313. The van der Waals surface area contributed by atoms with E-state index in [0.717, 1.165) is 5.69 Å². The van der Waals surface area contributed by atoms with E-state index in [1.807, 2.05) is 0 Å². The SMILES string of the molecule is CCS(=O)(=O)N1Cc2ccnn2C(COc2ncccc2F)C1. The van der Waals surface area contributed by atoms with Gasteiger partial charge in [0.2, 0.25) is 15.9 Å². The number of hydrogen-bond acceptors (Lipinski definition) is 5. The Morgan fingerprint density at radius 3 is 2.96 bits per heavy atom. The first-order valence-electron chi connectivity index (χ1n) is 7.25. The van der Waals surface area contributed by atoms with Gasteiger partial charge in [-0.05, 0) is 25.1 Å². The van der Waals surface area contributed by atoms with Crippen LogP contribution in [0.2, 0.25) is 0 Å². The van der Waals surface area contributed by atoms with Gasteiger partial charge in [0.15, 0.2) is 5.82 Å². The molecule has 0 amide bonds. The number of rotatable bonds is 5. The lowest BCUT2D eigenvalue weighted by Crippen LogP contribution is -2.43. The molecule has 1 aliphatic heterocycles. The van der Waals surface area contributed by atoms with Crippen LogP contribution < -0.4 is 4.74 Å². The van der Waals surface area contributed by atoms with Crippen LogP contribution in [0.25, 0.3) is 0 Å². The molecule has 2 aromatic rings. The van der Waals surface area contributed by atoms with E-state index < -0.39 is 15.8 Å². The zero-order chi connectivity index (χ0) is 16.4. The predicted octanol–water partition coefficient (Wildman–Crippen LogP) is 1.20. The standard InChI is InChI=1S/C14H17FN4O3S/c1-2-23(20,21)18-8-11-5-7-17-19(11)12(9-18)10-22-14-13(15)4-3-6-16-14/h3-7,12H,2,8-10H2,1H3. The maximum Gasteiger partial charge on any atom is 0.250 e. The van der Waals surface area contributed by atoms with E-state index in [4.69, 9.17) is 4.74 Å². The molecule has 0 fully saturated rings. The third-order valence-electron chi connectivity index (χ3n) is 3.75. The van der Waals surface area contributed by atoms with Gasteiger partial charge in [0, 0.05) is 18.9 Å². The first-order valence-corrected chi connectivity index (χ1v) is 8.85. The molecule has 3 heterocycles.